The van der Waals surface area contributed by atoms with Crippen molar-refractivity contribution in [1.29, 1.82) is 0 Å². The molecular formula is C15H14O. The summed E-state index contributed by atoms with van der Waals surface area (Å²) < 4.78 is 0. The largest absolute Gasteiger partial charge is 0.303 e. The van der Waals surface area contributed by atoms with E-state index in [0.29, 0.717) is 0 Å². The van der Waals surface area contributed by atoms with E-state index in [1.807, 2.05) is 37.3 Å². The van der Waals surface area contributed by atoms with Gasteiger partial charge >= 0.3 is 0 Å². The molecule has 1 heteroatoms. The lowest BCUT2D eigenvalue weighted by Crippen LogP contribution is -1.94. The average Bonchev–Trinajstić information content (AvgIpc) is 2.39. The zero-order chi connectivity index (χ0) is 11.4. The van der Waals surface area contributed by atoms with Crippen molar-refractivity contribution in [3.63, 3.8) is 0 Å². The number of carbonyl (C=O) groups excluding carboxylic acids is 1. The molecule has 0 aliphatic heterocycles. The zero-order valence-corrected chi connectivity index (χ0v) is 9.26. The van der Waals surface area contributed by atoms with Gasteiger partial charge in [0.1, 0.15) is 6.29 Å². The van der Waals surface area contributed by atoms with Crippen molar-refractivity contribution in [2.24, 2.45) is 0 Å². The van der Waals surface area contributed by atoms with Crippen LogP contribution in [0, 0.1) is 0 Å². The van der Waals surface area contributed by atoms with E-state index in [2.05, 4.69) is 24.3 Å². The molecule has 2 aromatic carbocycles. The second kappa shape index (κ2) is 4.75. The van der Waals surface area contributed by atoms with Gasteiger partial charge < -0.3 is 4.79 Å². The van der Waals surface area contributed by atoms with Crippen LogP contribution in [0.25, 0.3) is 11.1 Å². The van der Waals surface area contributed by atoms with Crippen LogP contribution in [0.5, 0.6) is 0 Å². The lowest BCUT2D eigenvalue weighted by molar-refractivity contribution is -0.108. The van der Waals surface area contributed by atoms with Gasteiger partial charge in [-0.1, -0.05) is 61.5 Å². The molecule has 0 fully saturated rings. The first-order valence-electron chi connectivity index (χ1n) is 5.42. The first-order chi connectivity index (χ1) is 7.81. The molecule has 1 atom stereocenters. The van der Waals surface area contributed by atoms with Gasteiger partial charge in [0.15, 0.2) is 0 Å². The second-order valence-electron chi connectivity index (χ2n) is 3.92. The molecule has 0 saturated carbocycles. The highest BCUT2D eigenvalue weighted by molar-refractivity contribution is 5.67. The van der Waals surface area contributed by atoms with Crippen LogP contribution < -0.4 is 0 Å². The monoisotopic (exact) mass is 210 g/mol. The SMILES string of the molecule is CC(C=O)c1cccc(-c2ccccc2)c1. The van der Waals surface area contributed by atoms with Crippen molar-refractivity contribution in [2.45, 2.75) is 12.8 Å². The quantitative estimate of drug-likeness (QED) is 0.706. The van der Waals surface area contributed by atoms with Crippen molar-refractivity contribution >= 4 is 6.29 Å². The van der Waals surface area contributed by atoms with Crippen molar-refractivity contribution in [3.05, 3.63) is 60.2 Å². The van der Waals surface area contributed by atoms with Crippen molar-refractivity contribution in [2.75, 3.05) is 0 Å². The minimum atomic E-state index is -0.0383. The molecule has 0 spiro atoms. The predicted molar refractivity (Wildman–Crippen MR) is 66.4 cm³/mol. The van der Waals surface area contributed by atoms with E-state index in [1.165, 1.54) is 5.56 Å². The third-order valence-electron chi connectivity index (χ3n) is 2.72. The molecule has 1 nitrogen and oxygen atoms in total. The Balaban J connectivity index is 2.40. The molecule has 1 unspecified atom stereocenters. The lowest BCUT2D eigenvalue weighted by atomic mass is 9.97. The minimum absolute atomic E-state index is 0.0383. The fourth-order valence-electron chi connectivity index (χ4n) is 1.71. The van der Waals surface area contributed by atoms with E-state index in [4.69, 9.17) is 0 Å². The molecule has 0 heterocycles. The predicted octanol–water partition coefficient (Wildman–Crippen LogP) is 3.66. The molecule has 0 amide bonds. The first-order valence-corrected chi connectivity index (χ1v) is 5.42. The maximum absolute atomic E-state index is 10.8. The van der Waals surface area contributed by atoms with Crippen LogP contribution in [0.1, 0.15) is 18.4 Å². The molecule has 0 N–H and O–H groups in total. The van der Waals surface area contributed by atoms with Gasteiger partial charge in [-0.15, -0.1) is 0 Å². The lowest BCUT2D eigenvalue weighted by Gasteiger charge is -2.07. The van der Waals surface area contributed by atoms with Crippen LogP contribution in [0.3, 0.4) is 0 Å². The van der Waals surface area contributed by atoms with Gasteiger partial charge in [0.25, 0.3) is 0 Å². The molecule has 0 aromatic heterocycles. The second-order valence-corrected chi connectivity index (χ2v) is 3.92. The molecule has 0 saturated heterocycles. The standard InChI is InChI=1S/C15H14O/c1-12(11-16)14-8-5-9-15(10-14)13-6-3-2-4-7-13/h2-12H,1H3. The van der Waals surface area contributed by atoms with Crippen molar-refractivity contribution in [1.82, 2.24) is 0 Å². The molecular weight excluding hydrogens is 196 g/mol. The smallest absolute Gasteiger partial charge is 0.127 e. The van der Waals surface area contributed by atoms with Crippen LogP contribution in [0.4, 0.5) is 0 Å². The van der Waals surface area contributed by atoms with Crippen LogP contribution in [-0.4, -0.2) is 6.29 Å². The Kier molecular flexibility index (Phi) is 3.16. The van der Waals surface area contributed by atoms with Gasteiger partial charge in [-0.2, -0.15) is 0 Å². The van der Waals surface area contributed by atoms with E-state index in [0.717, 1.165) is 17.4 Å². The number of rotatable bonds is 3. The summed E-state index contributed by atoms with van der Waals surface area (Å²) in [6, 6.07) is 18.3. The molecule has 2 aromatic rings. The summed E-state index contributed by atoms with van der Waals surface area (Å²) in [5, 5.41) is 0. The molecule has 0 radical (unpaired) electrons. The molecule has 0 aliphatic carbocycles. The number of carbonyl (C=O) groups is 1. The molecule has 0 aliphatic rings. The Morgan fingerprint density at radius 3 is 2.31 bits per heavy atom. The van der Waals surface area contributed by atoms with Gasteiger partial charge in [-0.05, 0) is 16.7 Å². The van der Waals surface area contributed by atoms with E-state index in [1.54, 1.807) is 0 Å². The highest BCUT2D eigenvalue weighted by atomic mass is 16.1. The maximum atomic E-state index is 10.8. The summed E-state index contributed by atoms with van der Waals surface area (Å²) in [6.07, 6.45) is 0.976. The summed E-state index contributed by atoms with van der Waals surface area (Å²) in [6.45, 7) is 1.91. The van der Waals surface area contributed by atoms with Crippen LogP contribution >= 0.6 is 0 Å². The summed E-state index contributed by atoms with van der Waals surface area (Å²) in [5.74, 6) is -0.0383. The normalized spacial score (nSPS) is 12.1. The van der Waals surface area contributed by atoms with E-state index in [-0.39, 0.29) is 5.92 Å². The van der Waals surface area contributed by atoms with E-state index >= 15 is 0 Å². The van der Waals surface area contributed by atoms with Gasteiger partial charge in [0.2, 0.25) is 0 Å². The number of benzene rings is 2. The van der Waals surface area contributed by atoms with Crippen LogP contribution in [0.15, 0.2) is 54.6 Å². The summed E-state index contributed by atoms with van der Waals surface area (Å²) in [4.78, 5) is 10.8. The van der Waals surface area contributed by atoms with Crippen LogP contribution in [-0.2, 0) is 4.79 Å². The number of hydrogen-bond donors (Lipinski definition) is 0. The summed E-state index contributed by atoms with van der Waals surface area (Å²) in [7, 11) is 0. The zero-order valence-electron chi connectivity index (χ0n) is 9.26. The van der Waals surface area contributed by atoms with Gasteiger partial charge in [-0.25, -0.2) is 0 Å². The molecule has 80 valence electrons. The molecule has 16 heavy (non-hydrogen) atoms. The van der Waals surface area contributed by atoms with E-state index < -0.39 is 0 Å². The topological polar surface area (TPSA) is 17.1 Å². The Bertz CT molecular complexity index is 474. The highest BCUT2D eigenvalue weighted by Gasteiger charge is 2.04. The maximum Gasteiger partial charge on any atom is 0.127 e. The third kappa shape index (κ3) is 2.19. The Labute approximate surface area is 95.7 Å². The Morgan fingerprint density at radius 1 is 0.938 bits per heavy atom. The summed E-state index contributed by atoms with van der Waals surface area (Å²) in [5.41, 5.74) is 3.41. The van der Waals surface area contributed by atoms with Crippen molar-refractivity contribution < 1.29 is 4.79 Å². The molecule has 2 rings (SSSR count). The fourth-order valence-corrected chi connectivity index (χ4v) is 1.71. The van der Waals surface area contributed by atoms with Crippen LogP contribution in [0.2, 0.25) is 0 Å². The number of hydrogen-bond acceptors (Lipinski definition) is 1. The van der Waals surface area contributed by atoms with E-state index in [9.17, 15) is 4.79 Å². The molecule has 0 bridgehead atoms. The first kappa shape index (κ1) is 10.6. The minimum Gasteiger partial charge on any atom is -0.303 e. The Hall–Kier alpha value is -1.89. The Morgan fingerprint density at radius 2 is 1.62 bits per heavy atom. The fraction of sp³-hybridized carbons (Fsp3) is 0.133. The number of aldehydes is 1. The summed E-state index contributed by atoms with van der Waals surface area (Å²) >= 11 is 0. The van der Waals surface area contributed by atoms with Gasteiger partial charge in [0, 0.05) is 5.92 Å². The van der Waals surface area contributed by atoms with Crippen molar-refractivity contribution in [3.8, 4) is 11.1 Å². The third-order valence-corrected chi connectivity index (χ3v) is 2.72. The van der Waals surface area contributed by atoms with Gasteiger partial charge in [0.05, 0.1) is 0 Å². The highest BCUT2D eigenvalue weighted by Crippen LogP contribution is 2.22. The average molecular weight is 210 g/mol. The van der Waals surface area contributed by atoms with Gasteiger partial charge in [-0.3, -0.25) is 0 Å².